The van der Waals surface area contributed by atoms with Crippen LogP contribution in [0.4, 0.5) is 0 Å². The van der Waals surface area contributed by atoms with Crippen molar-refractivity contribution >= 4 is 5.91 Å². The fourth-order valence-electron chi connectivity index (χ4n) is 3.38. The van der Waals surface area contributed by atoms with Crippen LogP contribution in [0.15, 0.2) is 30.3 Å². The molecule has 0 aliphatic heterocycles. The third-order valence-electron chi connectivity index (χ3n) is 5.08. The highest BCUT2D eigenvalue weighted by molar-refractivity contribution is 5.78. The van der Waals surface area contributed by atoms with Crippen molar-refractivity contribution in [1.29, 1.82) is 0 Å². The van der Waals surface area contributed by atoms with E-state index < -0.39 is 0 Å². The first-order valence-electron chi connectivity index (χ1n) is 8.66. The predicted molar refractivity (Wildman–Crippen MR) is 93.1 cm³/mol. The van der Waals surface area contributed by atoms with Crippen molar-refractivity contribution in [2.45, 2.75) is 44.8 Å². The largest absolute Gasteiger partial charge is 0.393 e. The van der Waals surface area contributed by atoms with Crippen molar-refractivity contribution in [1.82, 2.24) is 9.80 Å². The lowest BCUT2D eigenvalue weighted by molar-refractivity contribution is -0.133. The molecular formula is C19H30N2O2. The summed E-state index contributed by atoms with van der Waals surface area (Å²) in [4.78, 5) is 16.4. The average molecular weight is 318 g/mol. The molecule has 128 valence electrons. The standard InChI is InChI=1S/C19H30N2O2/c1-15(16-9-5-4-6-10-16)21(3)19(23)14-20(2)13-17-11-7-8-12-18(17)22/h4-6,9-10,15,17-18,22H,7-8,11-14H2,1-3H3. The number of nitrogens with zero attached hydrogens (tertiary/aromatic N) is 2. The summed E-state index contributed by atoms with van der Waals surface area (Å²) in [6.45, 7) is 3.25. The molecule has 3 unspecified atom stereocenters. The number of amides is 1. The van der Waals surface area contributed by atoms with Gasteiger partial charge in [-0.05, 0) is 38.3 Å². The lowest BCUT2D eigenvalue weighted by Crippen LogP contribution is -2.41. The summed E-state index contributed by atoms with van der Waals surface area (Å²) in [5.74, 6) is 0.424. The molecule has 3 atom stereocenters. The van der Waals surface area contributed by atoms with Crippen LogP contribution >= 0.6 is 0 Å². The van der Waals surface area contributed by atoms with Gasteiger partial charge in [0.2, 0.25) is 5.91 Å². The molecule has 1 aromatic rings. The molecule has 0 heterocycles. The predicted octanol–water partition coefficient (Wildman–Crippen LogP) is 2.69. The minimum Gasteiger partial charge on any atom is -0.393 e. The van der Waals surface area contributed by atoms with E-state index in [4.69, 9.17) is 0 Å². The average Bonchev–Trinajstić information content (AvgIpc) is 2.56. The summed E-state index contributed by atoms with van der Waals surface area (Å²) in [6.07, 6.45) is 4.07. The number of aliphatic hydroxyl groups excluding tert-OH is 1. The zero-order valence-electron chi connectivity index (χ0n) is 14.6. The Hall–Kier alpha value is -1.39. The first-order chi connectivity index (χ1) is 11.0. The molecule has 0 aromatic heterocycles. The van der Waals surface area contributed by atoms with Gasteiger partial charge in [-0.15, -0.1) is 0 Å². The molecule has 1 saturated carbocycles. The molecule has 1 aromatic carbocycles. The smallest absolute Gasteiger partial charge is 0.236 e. The normalized spacial score (nSPS) is 22.8. The Balaban J connectivity index is 1.85. The van der Waals surface area contributed by atoms with Crippen LogP contribution in [0.5, 0.6) is 0 Å². The van der Waals surface area contributed by atoms with Crippen molar-refractivity contribution in [3.8, 4) is 0 Å². The highest BCUT2D eigenvalue weighted by Crippen LogP contribution is 2.25. The summed E-state index contributed by atoms with van der Waals surface area (Å²) < 4.78 is 0. The van der Waals surface area contributed by atoms with E-state index in [1.807, 2.05) is 37.2 Å². The molecule has 0 spiro atoms. The van der Waals surface area contributed by atoms with Crippen LogP contribution < -0.4 is 0 Å². The van der Waals surface area contributed by atoms with Gasteiger partial charge in [0.05, 0.1) is 18.7 Å². The maximum atomic E-state index is 12.5. The zero-order valence-corrected chi connectivity index (χ0v) is 14.6. The number of carbonyl (C=O) groups is 1. The molecule has 1 N–H and O–H groups in total. The third-order valence-corrected chi connectivity index (χ3v) is 5.08. The van der Waals surface area contributed by atoms with E-state index >= 15 is 0 Å². The Morgan fingerprint density at radius 1 is 1.22 bits per heavy atom. The molecule has 23 heavy (non-hydrogen) atoms. The van der Waals surface area contributed by atoms with Crippen molar-refractivity contribution in [3.05, 3.63) is 35.9 Å². The summed E-state index contributed by atoms with van der Waals surface area (Å²) >= 11 is 0. The van der Waals surface area contributed by atoms with Crippen LogP contribution in [0.1, 0.15) is 44.2 Å². The number of likely N-dealkylation sites (N-methyl/N-ethyl adjacent to an activating group) is 2. The van der Waals surface area contributed by atoms with E-state index in [0.717, 1.165) is 31.4 Å². The van der Waals surface area contributed by atoms with Gasteiger partial charge in [-0.2, -0.15) is 0 Å². The van der Waals surface area contributed by atoms with Gasteiger partial charge in [0.25, 0.3) is 0 Å². The first kappa shape index (κ1) is 18.0. The minimum absolute atomic E-state index is 0.0670. The molecule has 0 saturated heterocycles. The number of aliphatic hydroxyl groups is 1. The monoisotopic (exact) mass is 318 g/mol. The molecule has 4 nitrogen and oxygen atoms in total. The van der Waals surface area contributed by atoms with Crippen LogP contribution in [0.3, 0.4) is 0 Å². The van der Waals surface area contributed by atoms with E-state index in [1.165, 1.54) is 6.42 Å². The molecule has 0 radical (unpaired) electrons. The summed E-state index contributed by atoms with van der Waals surface area (Å²) in [5, 5.41) is 10.1. The zero-order chi connectivity index (χ0) is 16.8. The molecule has 2 rings (SSSR count). The summed E-state index contributed by atoms with van der Waals surface area (Å²) in [5.41, 5.74) is 1.15. The van der Waals surface area contributed by atoms with Gasteiger partial charge in [0, 0.05) is 13.6 Å². The lowest BCUT2D eigenvalue weighted by Gasteiger charge is -2.32. The fraction of sp³-hybridized carbons (Fsp3) is 0.632. The number of hydrogen-bond donors (Lipinski definition) is 1. The van der Waals surface area contributed by atoms with Crippen LogP contribution in [0.2, 0.25) is 0 Å². The van der Waals surface area contributed by atoms with Crippen LogP contribution in [-0.2, 0) is 4.79 Å². The van der Waals surface area contributed by atoms with E-state index in [2.05, 4.69) is 24.0 Å². The van der Waals surface area contributed by atoms with E-state index in [1.54, 1.807) is 0 Å². The van der Waals surface area contributed by atoms with Crippen molar-refractivity contribution in [3.63, 3.8) is 0 Å². The van der Waals surface area contributed by atoms with Gasteiger partial charge in [0.15, 0.2) is 0 Å². The van der Waals surface area contributed by atoms with Gasteiger partial charge >= 0.3 is 0 Å². The second-order valence-corrected chi connectivity index (χ2v) is 6.90. The van der Waals surface area contributed by atoms with E-state index in [9.17, 15) is 9.90 Å². The van der Waals surface area contributed by atoms with Crippen molar-refractivity contribution < 1.29 is 9.90 Å². The second kappa shape index (κ2) is 8.46. The van der Waals surface area contributed by atoms with Crippen molar-refractivity contribution in [2.24, 2.45) is 5.92 Å². The van der Waals surface area contributed by atoms with Gasteiger partial charge in [-0.3, -0.25) is 9.69 Å². The van der Waals surface area contributed by atoms with Crippen molar-refractivity contribution in [2.75, 3.05) is 27.2 Å². The molecule has 1 aliphatic carbocycles. The summed E-state index contributed by atoms with van der Waals surface area (Å²) in [7, 11) is 3.84. The first-order valence-corrected chi connectivity index (χ1v) is 8.66. The summed E-state index contributed by atoms with van der Waals surface area (Å²) in [6, 6.07) is 10.2. The van der Waals surface area contributed by atoms with Gasteiger partial charge < -0.3 is 10.0 Å². The molecule has 1 fully saturated rings. The van der Waals surface area contributed by atoms with E-state index in [0.29, 0.717) is 12.5 Å². The van der Waals surface area contributed by atoms with Gasteiger partial charge in [-0.1, -0.05) is 43.2 Å². The molecule has 4 heteroatoms. The van der Waals surface area contributed by atoms with Crippen LogP contribution in [0, 0.1) is 5.92 Å². The molecule has 0 bridgehead atoms. The molecule has 1 amide bonds. The molecule has 1 aliphatic rings. The minimum atomic E-state index is -0.206. The highest BCUT2D eigenvalue weighted by atomic mass is 16.3. The Kier molecular flexibility index (Phi) is 6.60. The fourth-order valence-corrected chi connectivity index (χ4v) is 3.38. The van der Waals surface area contributed by atoms with Crippen LogP contribution in [0.25, 0.3) is 0 Å². The van der Waals surface area contributed by atoms with Gasteiger partial charge in [0.1, 0.15) is 0 Å². The second-order valence-electron chi connectivity index (χ2n) is 6.90. The number of hydrogen-bond acceptors (Lipinski definition) is 3. The number of carbonyl (C=O) groups excluding carboxylic acids is 1. The van der Waals surface area contributed by atoms with E-state index in [-0.39, 0.29) is 18.1 Å². The maximum Gasteiger partial charge on any atom is 0.236 e. The number of rotatable bonds is 6. The quantitative estimate of drug-likeness (QED) is 0.877. The Morgan fingerprint density at radius 2 is 1.87 bits per heavy atom. The van der Waals surface area contributed by atoms with Crippen LogP contribution in [-0.4, -0.2) is 54.1 Å². The maximum absolute atomic E-state index is 12.5. The Bertz CT molecular complexity index is 491. The highest BCUT2D eigenvalue weighted by Gasteiger charge is 2.25. The Morgan fingerprint density at radius 3 is 2.52 bits per heavy atom. The SMILES string of the molecule is CC(c1ccccc1)N(C)C(=O)CN(C)CC1CCCCC1O. The Labute approximate surface area is 140 Å². The number of benzene rings is 1. The van der Waals surface area contributed by atoms with Gasteiger partial charge in [-0.25, -0.2) is 0 Å². The topological polar surface area (TPSA) is 43.8 Å². The lowest BCUT2D eigenvalue weighted by atomic mass is 9.86. The third kappa shape index (κ3) is 5.05. The molecular weight excluding hydrogens is 288 g/mol.